The van der Waals surface area contributed by atoms with Crippen LogP contribution in [0.5, 0.6) is 0 Å². The molecular formula is C22H19NO3. The highest BCUT2D eigenvalue weighted by atomic mass is 16.3. The van der Waals surface area contributed by atoms with Crippen molar-refractivity contribution in [2.45, 2.75) is 13.8 Å². The van der Waals surface area contributed by atoms with Crippen LogP contribution in [0.1, 0.15) is 32.8 Å². The third kappa shape index (κ3) is 4.16. The predicted molar refractivity (Wildman–Crippen MR) is 102 cm³/mol. The Hall–Kier alpha value is -3.40. The van der Waals surface area contributed by atoms with Gasteiger partial charge in [0.05, 0.1) is 6.26 Å². The van der Waals surface area contributed by atoms with Crippen LogP contribution in [0.15, 0.2) is 71.4 Å². The summed E-state index contributed by atoms with van der Waals surface area (Å²) in [7, 11) is 0. The summed E-state index contributed by atoms with van der Waals surface area (Å²) in [6.07, 6.45) is 4.51. The van der Waals surface area contributed by atoms with E-state index in [4.69, 9.17) is 4.42 Å². The van der Waals surface area contributed by atoms with E-state index in [0.29, 0.717) is 22.6 Å². The number of hydrogen-bond donors (Lipinski definition) is 1. The molecule has 0 saturated heterocycles. The number of ketones is 1. The molecule has 4 heteroatoms. The maximum absolute atomic E-state index is 12.7. The number of carbonyl (C=O) groups excluding carboxylic acids is 2. The maximum Gasteiger partial charge on any atom is 0.248 e. The first-order chi connectivity index (χ1) is 12.5. The molecule has 0 aliphatic carbocycles. The fraction of sp³-hybridized carbons (Fsp3) is 0.0909. The number of aryl methyl sites for hydroxylation is 2. The summed E-state index contributed by atoms with van der Waals surface area (Å²) in [5, 5.41) is 2.75. The van der Waals surface area contributed by atoms with Gasteiger partial charge in [-0.05, 0) is 61.4 Å². The Balaban J connectivity index is 1.74. The summed E-state index contributed by atoms with van der Waals surface area (Å²) < 4.78 is 5.14. The molecule has 3 aromatic rings. The van der Waals surface area contributed by atoms with Crippen LogP contribution in [-0.4, -0.2) is 11.7 Å². The average Bonchev–Trinajstić information content (AvgIpc) is 3.15. The van der Waals surface area contributed by atoms with Gasteiger partial charge in [-0.2, -0.15) is 0 Å². The highest BCUT2D eigenvalue weighted by Crippen LogP contribution is 2.17. The summed E-state index contributed by atoms with van der Waals surface area (Å²) >= 11 is 0. The van der Waals surface area contributed by atoms with Gasteiger partial charge < -0.3 is 9.73 Å². The Bertz CT molecular complexity index is 969. The SMILES string of the molecule is Cc1ccc(C(=O)c2cccc(NC(=O)/C=C/c3ccco3)c2)cc1C. The first-order valence-electron chi connectivity index (χ1n) is 8.27. The van der Waals surface area contributed by atoms with Crippen molar-refractivity contribution in [3.8, 4) is 0 Å². The van der Waals surface area contributed by atoms with Gasteiger partial charge in [0.25, 0.3) is 0 Å². The molecule has 1 heterocycles. The molecule has 0 unspecified atom stereocenters. The van der Waals surface area contributed by atoms with Crippen molar-refractivity contribution in [1.82, 2.24) is 0 Å². The van der Waals surface area contributed by atoms with Crippen LogP contribution in [0.25, 0.3) is 6.08 Å². The van der Waals surface area contributed by atoms with Gasteiger partial charge in [0.1, 0.15) is 5.76 Å². The van der Waals surface area contributed by atoms with Crippen molar-refractivity contribution in [2.75, 3.05) is 5.32 Å². The van der Waals surface area contributed by atoms with E-state index in [9.17, 15) is 9.59 Å². The molecule has 1 amide bonds. The van der Waals surface area contributed by atoms with Crippen LogP contribution >= 0.6 is 0 Å². The second kappa shape index (κ2) is 7.66. The molecule has 0 aliphatic heterocycles. The first-order valence-corrected chi connectivity index (χ1v) is 8.27. The fourth-order valence-corrected chi connectivity index (χ4v) is 2.52. The lowest BCUT2D eigenvalue weighted by atomic mass is 9.99. The highest BCUT2D eigenvalue weighted by Gasteiger charge is 2.11. The Morgan fingerprint density at radius 2 is 1.73 bits per heavy atom. The molecule has 26 heavy (non-hydrogen) atoms. The zero-order valence-corrected chi connectivity index (χ0v) is 14.7. The molecule has 0 saturated carbocycles. The topological polar surface area (TPSA) is 59.3 Å². The van der Waals surface area contributed by atoms with Gasteiger partial charge in [-0.15, -0.1) is 0 Å². The van der Waals surface area contributed by atoms with E-state index in [2.05, 4.69) is 5.32 Å². The summed E-state index contributed by atoms with van der Waals surface area (Å²) in [6, 6.07) is 16.1. The summed E-state index contributed by atoms with van der Waals surface area (Å²) in [4.78, 5) is 24.7. The molecule has 1 N–H and O–H groups in total. The minimum absolute atomic E-state index is 0.0738. The lowest BCUT2D eigenvalue weighted by Crippen LogP contribution is -2.09. The van der Waals surface area contributed by atoms with E-state index >= 15 is 0 Å². The summed E-state index contributed by atoms with van der Waals surface area (Å²) in [5.41, 5.74) is 3.94. The van der Waals surface area contributed by atoms with Crippen LogP contribution < -0.4 is 5.32 Å². The normalized spacial score (nSPS) is 10.8. The van der Waals surface area contributed by atoms with Crippen molar-refractivity contribution in [1.29, 1.82) is 0 Å². The molecular weight excluding hydrogens is 326 g/mol. The number of hydrogen-bond acceptors (Lipinski definition) is 3. The number of rotatable bonds is 5. The summed E-state index contributed by atoms with van der Waals surface area (Å²) in [5.74, 6) is 0.228. The highest BCUT2D eigenvalue weighted by molar-refractivity contribution is 6.10. The van der Waals surface area contributed by atoms with E-state index in [-0.39, 0.29) is 11.7 Å². The van der Waals surface area contributed by atoms with Gasteiger partial charge in [0, 0.05) is 22.9 Å². The standard InChI is InChI=1S/C22H19NO3/c1-15-8-9-18(13-16(15)2)22(25)17-5-3-6-19(14-17)23-21(24)11-10-20-7-4-12-26-20/h3-14H,1-2H3,(H,23,24)/b11-10+. The van der Waals surface area contributed by atoms with E-state index in [0.717, 1.165) is 11.1 Å². The largest absolute Gasteiger partial charge is 0.465 e. The molecule has 4 nitrogen and oxygen atoms in total. The smallest absolute Gasteiger partial charge is 0.248 e. The van der Waals surface area contributed by atoms with Gasteiger partial charge in [-0.25, -0.2) is 0 Å². The van der Waals surface area contributed by atoms with Gasteiger partial charge in [0.2, 0.25) is 5.91 Å². The number of anilines is 1. The zero-order valence-electron chi connectivity index (χ0n) is 14.7. The minimum Gasteiger partial charge on any atom is -0.465 e. The number of nitrogens with one attached hydrogen (secondary N) is 1. The fourth-order valence-electron chi connectivity index (χ4n) is 2.52. The zero-order chi connectivity index (χ0) is 18.5. The van der Waals surface area contributed by atoms with Crippen molar-refractivity contribution >= 4 is 23.5 Å². The number of benzene rings is 2. The van der Waals surface area contributed by atoms with Crippen molar-refractivity contribution in [2.24, 2.45) is 0 Å². The molecule has 1 aromatic heterocycles. The molecule has 0 radical (unpaired) electrons. The molecule has 2 aromatic carbocycles. The lowest BCUT2D eigenvalue weighted by Gasteiger charge is -2.07. The quantitative estimate of drug-likeness (QED) is 0.535. The van der Waals surface area contributed by atoms with Crippen molar-refractivity contribution in [3.05, 3.63) is 95.0 Å². The van der Waals surface area contributed by atoms with Crippen LogP contribution in [0.3, 0.4) is 0 Å². The number of furan rings is 1. The van der Waals surface area contributed by atoms with Gasteiger partial charge in [-0.3, -0.25) is 9.59 Å². The van der Waals surface area contributed by atoms with Crippen LogP contribution in [0.4, 0.5) is 5.69 Å². The van der Waals surface area contributed by atoms with Gasteiger partial charge in [-0.1, -0.05) is 24.3 Å². The molecule has 0 aliphatic rings. The van der Waals surface area contributed by atoms with E-state index in [1.54, 1.807) is 48.7 Å². The van der Waals surface area contributed by atoms with Gasteiger partial charge in [0.15, 0.2) is 5.78 Å². The van der Waals surface area contributed by atoms with E-state index < -0.39 is 0 Å². The maximum atomic E-state index is 12.7. The third-order valence-electron chi connectivity index (χ3n) is 4.10. The Labute approximate surface area is 152 Å². The molecule has 0 fully saturated rings. The first kappa shape index (κ1) is 17.4. The molecule has 130 valence electrons. The Kier molecular flexibility index (Phi) is 5.13. The van der Waals surface area contributed by atoms with Crippen LogP contribution in [0, 0.1) is 13.8 Å². The van der Waals surface area contributed by atoms with Gasteiger partial charge >= 0.3 is 0 Å². The second-order valence-corrected chi connectivity index (χ2v) is 6.05. The molecule has 3 rings (SSSR count). The third-order valence-corrected chi connectivity index (χ3v) is 4.10. The second-order valence-electron chi connectivity index (χ2n) is 6.05. The van der Waals surface area contributed by atoms with Crippen molar-refractivity contribution in [3.63, 3.8) is 0 Å². The number of amides is 1. The summed E-state index contributed by atoms with van der Waals surface area (Å²) in [6.45, 7) is 3.99. The molecule has 0 atom stereocenters. The average molecular weight is 345 g/mol. The minimum atomic E-state index is -0.294. The van der Waals surface area contributed by atoms with Crippen LogP contribution in [0.2, 0.25) is 0 Å². The monoisotopic (exact) mass is 345 g/mol. The van der Waals surface area contributed by atoms with Crippen molar-refractivity contribution < 1.29 is 14.0 Å². The lowest BCUT2D eigenvalue weighted by molar-refractivity contribution is -0.111. The Morgan fingerprint density at radius 1 is 0.923 bits per heavy atom. The van der Waals surface area contributed by atoms with Crippen LogP contribution in [-0.2, 0) is 4.79 Å². The number of carbonyl (C=O) groups is 2. The Morgan fingerprint density at radius 3 is 2.46 bits per heavy atom. The molecule has 0 spiro atoms. The molecule has 0 bridgehead atoms. The van der Waals surface area contributed by atoms with E-state index in [1.165, 1.54) is 6.08 Å². The van der Waals surface area contributed by atoms with E-state index in [1.807, 2.05) is 32.0 Å². The predicted octanol–water partition coefficient (Wildman–Crippen LogP) is 4.78.